The third kappa shape index (κ3) is 3.13. The van der Waals surface area contributed by atoms with Crippen molar-refractivity contribution in [2.45, 2.75) is 11.8 Å². The van der Waals surface area contributed by atoms with Crippen molar-refractivity contribution < 1.29 is 17.0 Å². The van der Waals surface area contributed by atoms with Gasteiger partial charge in [0.25, 0.3) is 0 Å². The van der Waals surface area contributed by atoms with Gasteiger partial charge in [-0.25, -0.2) is 4.39 Å². The highest BCUT2D eigenvalue weighted by Gasteiger charge is 2.17. The first-order valence-electron chi connectivity index (χ1n) is 5.62. The lowest BCUT2D eigenvalue weighted by Gasteiger charge is -2.07. The predicted octanol–water partition coefficient (Wildman–Crippen LogP) is 2.77. The van der Waals surface area contributed by atoms with Gasteiger partial charge >= 0.3 is 10.1 Å². The smallest absolute Gasteiger partial charge is 0.339 e. The van der Waals surface area contributed by atoms with Gasteiger partial charge in [0.05, 0.1) is 11.6 Å². The molecule has 0 heterocycles. The molecule has 2 rings (SSSR count). The lowest BCUT2D eigenvalue weighted by molar-refractivity contribution is 0.483. The first-order valence-corrected chi connectivity index (χ1v) is 7.03. The molecule has 0 radical (unpaired) electrons. The van der Waals surface area contributed by atoms with E-state index in [4.69, 9.17) is 9.44 Å². The van der Waals surface area contributed by atoms with Gasteiger partial charge in [-0.3, -0.25) is 0 Å². The molecule has 0 aliphatic heterocycles. The van der Waals surface area contributed by atoms with Crippen LogP contribution in [0.15, 0.2) is 47.4 Å². The molecule has 4 nitrogen and oxygen atoms in total. The van der Waals surface area contributed by atoms with E-state index in [0.29, 0.717) is 0 Å². The second-order valence-electron chi connectivity index (χ2n) is 4.14. The zero-order chi connectivity index (χ0) is 14.8. The molecule has 0 unspecified atom stereocenters. The number of rotatable bonds is 3. The Morgan fingerprint density at radius 1 is 1.15 bits per heavy atom. The van der Waals surface area contributed by atoms with Crippen molar-refractivity contribution in [3.63, 3.8) is 0 Å². The highest BCUT2D eigenvalue weighted by atomic mass is 32.2. The van der Waals surface area contributed by atoms with Crippen LogP contribution in [0.4, 0.5) is 4.39 Å². The van der Waals surface area contributed by atoms with E-state index >= 15 is 0 Å². The van der Waals surface area contributed by atoms with Gasteiger partial charge in [-0.1, -0.05) is 17.7 Å². The molecule has 102 valence electrons. The summed E-state index contributed by atoms with van der Waals surface area (Å²) in [7, 11) is -4.05. The maximum atomic E-state index is 13.2. The van der Waals surface area contributed by atoms with Crippen molar-refractivity contribution in [1.82, 2.24) is 0 Å². The van der Waals surface area contributed by atoms with Crippen molar-refractivity contribution in [1.29, 1.82) is 5.26 Å². The summed E-state index contributed by atoms with van der Waals surface area (Å²) in [4.78, 5) is -0.0362. The van der Waals surface area contributed by atoms with E-state index in [1.165, 1.54) is 12.1 Å². The molecule has 6 heteroatoms. The van der Waals surface area contributed by atoms with E-state index in [1.807, 2.05) is 6.92 Å². The van der Waals surface area contributed by atoms with Crippen LogP contribution in [-0.4, -0.2) is 8.42 Å². The summed E-state index contributed by atoms with van der Waals surface area (Å²) in [6, 6.07) is 10.8. The van der Waals surface area contributed by atoms with E-state index < -0.39 is 15.9 Å². The molecule has 0 amide bonds. The van der Waals surface area contributed by atoms with Gasteiger partial charge in [-0.2, -0.15) is 13.7 Å². The average molecular weight is 291 g/mol. The Morgan fingerprint density at radius 2 is 1.80 bits per heavy atom. The molecule has 0 fully saturated rings. The molecule has 0 spiro atoms. The van der Waals surface area contributed by atoms with Crippen LogP contribution in [0, 0.1) is 24.1 Å². The normalized spacial score (nSPS) is 10.8. The molecule has 20 heavy (non-hydrogen) atoms. The van der Waals surface area contributed by atoms with Crippen molar-refractivity contribution >= 4 is 10.1 Å². The minimum atomic E-state index is -4.05. The first kappa shape index (κ1) is 14.0. The monoisotopic (exact) mass is 291 g/mol. The maximum Gasteiger partial charge on any atom is 0.339 e. The Bertz CT molecular complexity index is 777. The van der Waals surface area contributed by atoms with Crippen molar-refractivity contribution in [2.24, 2.45) is 0 Å². The van der Waals surface area contributed by atoms with E-state index in [2.05, 4.69) is 0 Å². The fourth-order valence-corrected chi connectivity index (χ4v) is 2.47. The zero-order valence-corrected chi connectivity index (χ0v) is 11.3. The fourth-order valence-electron chi connectivity index (χ4n) is 1.56. The number of aryl methyl sites for hydroxylation is 1. The van der Waals surface area contributed by atoms with Gasteiger partial charge in [-0.15, -0.1) is 0 Å². The zero-order valence-electron chi connectivity index (χ0n) is 10.5. The summed E-state index contributed by atoms with van der Waals surface area (Å²) in [6.07, 6.45) is 0. The lowest BCUT2D eigenvalue weighted by atomic mass is 10.2. The summed E-state index contributed by atoms with van der Waals surface area (Å²) in [5, 5.41) is 8.71. The van der Waals surface area contributed by atoms with Crippen LogP contribution in [0.25, 0.3) is 0 Å². The summed E-state index contributed by atoms with van der Waals surface area (Å²) in [5.41, 5.74) is 0.889. The number of hydrogen-bond acceptors (Lipinski definition) is 4. The van der Waals surface area contributed by atoms with Crippen molar-refractivity contribution in [3.8, 4) is 11.8 Å². The number of nitriles is 1. The Balaban J connectivity index is 2.36. The lowest BCUT2D eigenvalue weighted by Crippen LogP contribution is -2.10. The van der Waals surface area contributed by atoms with E-state index in [0.717, 1.165) is 23.8 Å². The third-order valence-corrected chi connectivity index (χ3v) is 3.78. The van der Waals surface area contributed by atoms with Crippen molar-refractivity contribution in [3.05, 3.63) is 59.4 Å². The highest BCUT2D eigenvalue weighted by molar-refractivity contribution is 7.87. The molecule has 0 bridgehead atoms. The summed E-state index contributed by atoms with van der Waals surface area (Å²) in [5.74, 6) is -0.972. The van der Waals surface area contributed by atoms with Gasteiger partial charge in [-0.05, 0) is 31.2 Å². The summed E-state index contributed by atoms with van der Waals surface area (Å²) in [6.45, 7) is 1.82. The molecule has 0 aromatic heterocycles. The number of hydrogen-bond donors (Lipinski definition) is 0. The Labute approximate surface area is 116 Å². The van der Waals surface area contributed by atoms with Gasteiger partial charge in [0, 0.05) is 6.07 Å². The largest absolute Gasteiger partial charge is 0.379 e. The third-order valence-electron chi connectivity index (χ3n) is 2.52. The molecule has 0 N–H and O–H groups in total. The molecular weight excluding hydrogens is 281 g/mol. The fraction of sp³-hybridized carbons (Fsp3) is 0.0714. The quantitative estimate of drug-likeness (QED) is 0.815. The molecule has 0 aliphatic carbocycles. The van der Waals surface area contributed by atoms with Crippen LogP contribution < -0.4 is 4.18 Å². The van der Waals surface area contributed by atoms with Gasteiger partial charge < -0.3 is 4.18 Å². The molecule has 0 atom stereocenters. The SMILES string of the molecule is Cc1ccc(S(=O)(=O)Oc2cc(F)cc(C#N)c2)cc1. The van der Waals surface area contributed by atoms with Gasteiger partial charge in [0.2, 0.25) is 0 Å². The Hall–Kier alpha value is -2.39. The van der Waals surface area contributed by atoms with Crippen LogP contribution in [0.2, 0.25) is 0 Å². The minimum absolute atomic E-state index is 0.0147. The highest BCUT2D eigenvalue weighted by Crippen LogP contribution is 2.21. The van der Waals surface area contributed by atoms with Gasteiger partial charge in [0.1, 0.15) is 16.5 Å². The van der Waals surface area contributed by atoms with E-state index in [9.17, 15) is 12.8 Å². The van der Waals surface area contributed by atoms with Crippen LogP contribution in [0.1, 0.15) is 11.1 Å². The predicted molar refractivity (Wildman–Crippen MR) is 70.1 cm³/mol. The topological polar surface area (TPSA) is 67.2 Å². The van der Waals surface area contributed by atoms with Crippen LogP contribution in [0.5, 0.6) is 5.75 Å². The number of benzene rings is 2. The maximum absolute atomic E-state index is 13.2. The molecule has 0 aliphatic rings. The minimum Gasteiger partial charge on any atom is -0.379 e. The summed E-state index contributed by atoms with van der Waals surface area (Å²) < 4.78 is 42.0. The van der Waals surface area contributed by atoms with Crippen LogP contribution in [-0.2, 0) is 10.1 Å². The average Bonchev–Trinajstić information content (AvgIpc) is 2.37. The second kappa shape index (κ2) is 5.31. The second-order valence-corrected chi connectivity index (χ2v) is 5.68. The Morgan fingerprint density at radius 3 is 2.40 bits per heavy atom. The number of halogens is 1. The standard InChI is InChI=1S/C14H10FNO3S/c1-10-2-4-14(5-3-10)20(17,18)19-13-7-11(9-16)6-12(15)8-13/h2-8H,1H3. The molecule has 2 aromatic rings. The van der Waals surface area contributed by atoms with Crippen LogP contribution in [0.3, 0.4) is 0 Å². The van der Waals surface area contributed by atoms with Gasteiger partial charge in [0.15, 0.2) is 0 Å². The van der Waals surface area contributed by atoms with E-state index in [1.54, 1.807) is 18.2 Å². The van der Waals surface area contributed by atoms with E-state index in [-0.39, 0.29) is 16.2 Å². The molecule has 2 aromatic carbocycles. The van der Waals surface area contributed by atoms with Crippen molar-refractivity contribution in [2.75, 3.05) is 0 Å². The summed E-state index contributed by atoms with van der Waals surface area (Å²) >= 11 is 0. The molecule has 0 saturated carbocycles. The van der Waals surface area contributed by atoms with Crippen LogP contribution >= 0.6 is 0 Å². The Kier molecular flexibility index (Phi) is 3.72. The number of nitrogens with zero attached hydrogens (tertiary/aromatic N) is 1. The first-order chi connectivity index (χ1) is 9.40. The molecular formula is C14H10FNO3S. The molecule has 0 saturated heterocycles.